The zero-order chi connectivity index (χ0) is 26.2. The largest absolute Gasteiger partial charge is 0.455 e. The van der Waals surface area contributed by atoms with Crippen LogP contribution < -0.4 is 0 Å². The first-order valence-corrected chi connectivity index (χ1v) is 13.3. The normalized spacial score (nSPS) is 12.0. The van der Waals surface area contributed by atoms with Crippen molar-refractivity contribution in [3.63, 3.8) is 0 Å². The topological polar surface area (TPSA) is 52.1 Å². The highest BCUT2D eigenvalue weighted by Crippen LogP contribution is 2.44. The van der Waals surface area contributed by atoms with Gasteiger partial charge in [-0.2, -0.15) is 0 Å². The average molecular weight is 513 g/mol. The van der Waals surface area contributed by atoms with Gasteiger partial charge in [-0.1, -0.05) is 78.9 Å². The van der Waals surface area contributed by atoms with Crippen LogP contribution in [-0.2, 0) is 0 Å². The number of pyridine rings is 2. The molecule has 40 heavy (non-hydrogen) atoms. The Kier molecular flexibility index (Phi) is 4.30. The fourth-order valence-corrected chi connectivity index (χ4v) is 6.02. The van der Waals surface area contributed by atoms with Crippen molar-refractivity contribution in [3.8, 4) is 22.4 Å². The van der Waals surface area contributed by atoms with E-state index in [-0.39, 0.29) is 0 Å². The molecule has 0 aliphatic heterocycles. The quantitative estimate of drug-likeness (QED) is 0.216. The van der Waals surface area contributed by atoms with Gasteiger partial charge in [-0.15, -0.1) is 0 Å². The van der Waals surface area contributed by atoms with Crippen LogP contribution in [0.15, 0.2) is 130 Å². The van der Waals surface area contributed by atoms with E-state index in [4.69, 9.17) is 13.8 Å². The molecule has 4 aromatic heterocycles. The van der Waals surface area contributed by atoms with E-state index in [9.17, 15) is 0 Å². The predicted molar refractivity (Wildman–Crippen MR) is 162 cm³/mol. The van der Waals surface area contributed by atoms with Gasteiger partial charge in [0.1, 0.15) is 22.3 Å². The maximum absolute atomic E-state index is 6.51. The molecule has 0 radical (unpaired) electrons. The van der Waals surface area contributed by atoms with E-state index < -0.39 is 0 Å². The van der Waals surface area contributed by atoms with Crippen molar-refractivity contribution in [3.05, 3.63) is 121 Å². The minimum Gasteiger partial charge on any atom is -0.455 e. The van der Waals surface area contributed by atoms with Crippen LogP contribution in [0.2, 0.25) is 0 Å². The van der Waals surface area contributed by atoms with Crippen LogP contribution in [0.3, 0.4) is 0 Å². The Morgan fingerprint density at radius 2 is 1.12 bits per heavy atom. The number of nitrogens with zero attached hydrogens (tertiary/aromatic N) is 2. The Labute approximate surface area is 228 Å². The van der Waals surface area contributed by atoms with Crippen LogP contribution in [-0.4, -0.2) is 9.97 Å². The Morgan fingerprint density at radius 3 is 1.88 bits per heavy atom. The van der Waals surface area contributed by atoms with Crippen LogP contribution in [0.4, 0.5) is 0 Å². The molecule has 9 rings (SSSR count). The van der Waals surface area contributed by atoms with E-state index in [2.05, 4.69) is 89.9 Å². The molecule has 186 valence electrons. The molecule has 0 aliphatic rings. The van der Waals surface area contributed by atoms with E-state index in [1.54, 1.807) is 0 Å². The summed E-state index contributed by atoms with van der Waals surface area (Å²) in [4.78, 5) is 9.72. The van der Waals surface area contributed by atoms with Crippen LogP contribution in [0.5, 0.6) is 0 Å². The third-order valence-electron chi connectivity index (χ3n) is 7.89. The summed E-state index contributed by atoms with van der Waals surface area (Å²) in [7, 11) is 0. The number of rotatable bonds is 2. The van der Waals surface area contributed by atoms with E-state index in [1.165, 1.54) is 0 Å². The second-order valence-corrected chi connectivity index (χ2v) is 10.2. The van der Waals surface area contributed by atoms with Crippen LogP contribution in [0, 0.1) is 0 Å². The van der Waals surface area contributed by atoms with Gasteiger partial charge in [0, 0.05) is 44.1 Å². The molecule has 0 N–H and O–H groups in total. The van der Waals surface area contributed by atoms with Crippen molar-refractivity contribution in [1.29, 1.82) is 0 Å². The first kappa shape index (κ1) is 21.5. The second-order valence-electron chi connectivity index (χ2n) is 10.2. The lowest BCUT2D eigenvalue weighted by atomic mass is 9.96. The number of benzene rings is 5. The van der Waals surface area contributed by atoms with Gasteiger partial charge in [0.15, 0.2) is 0 Å². The lowest BCUT2D eigenvalue weighted by Gasteiger charge is -2.09. The molecule has 9 aromatic rings. The smallest absolute Gasteiger partial charge is 0.147 e. The highest BCUT2D eigenvalue weighted by Gasteiger charge is 2.21. The molecule has 4 heteroatoms. The lowest BCUT2D eigenvalue weighted by Crippen LogP contribution is -1.89. The van der Waals surface area contributed by atoms with Gasteiger partial charge in [0.25, 0.3) is 0 Å². The van der Waals surface area contributed by atoms with Gasteiger partial charge in [0.05, 0.1) is 22.3 Å². The summed E-state index contributed by atoms with van der Waals surface area (Å²) < 4.78 is 13.0. The summed E-state index contributed by atoms with van der Waals surface area (Å²) in [5.74, 6) is 0. The summed E-state index contributed by atoms with van der Waals surface area (Å²) >= 11 is 0. The van der Waals surface area contributed by atoms with Crippen molar-refractivity contribution >= 4 is 65.7 Å². The first-order valence-electron chi connectivity index (χ1n) is 13.3. The molecule has 4 nitrogen and oxygen atoms in total. The minimum atomic E-state index is 0.826. The maximum atomic E-state index is 6.51. The highest BCUT2D eigenvalue weighted by atomic mass is 16.3. The third-order valence-corrected chi connectivity index (χ3v) is 7.89. The summed E-state index contributed by atoms with van der Waals surface area (Å²) in [5, 5.41) is 6.50. The number of para-hydroxylation sites is 2. The van der Waals surface area contributed by atoms with E-state index in [0.717, 1.165) is 88.1 Å². The molecular weight excluding hydrogens is 492 g/mol. The summed E-state index contributed by atoms with van der Waals surface area (Å²) in [6.45, 7) is 0. The van der Waals surface area contributed by atoms with Gasteiger partial charge in [0.2, 0.25) is 0 Å². The van der Waals surface area contributed by atoms with Gasteiger partial charge in [-0.3, -0.25) is 4.98 Å². The Hall–Kier alpha value is -5.48. The molecule has 0 bridgehead atoms. The molecular formula is C36H20N2O2. The number of fused-ring (bicyclic) bond motifs is 9. The standard InChI is InChI=1S/C36H20N2O2/c1-3-12-30-25(10-1)27-20-28-26-11-2-4-13-31(26)40-36(28)32(35(27)39-30)24-8-5-7-23(19-24)29-17-16-22-15-14-21-9-6-18-37-33(21)34(22)38-29/h1-20H. The maximum Gasteiger partial charge on any atom is 0.147 e. The third kappa shape index (κ3) is 3.01. The van der Waals surface area contributed by atoms with Crippen molar-refractivity contribution < 1.29 is 8.83 Å². The molecule has 0 spiro atoms. The predicted octanol–water partition coefficient (Wildman–Crippen LogP) is 9.92. The molecule has 0 atom stereocenters. The van der Waals surface area contributed by atoms with Crippen molar-refractivity contribution in [1.82, 2.24) is 9.97 Å². The fourth-order valence-electron chi connectivity index (χ4n) is 6.02. The number of furan rings is 2. The van der Waals surface area contributed by atoms with Gasteiger partial charge in [-0.05, 0) is 42.0 Å². The van der Waals surface area contributed by atoms with E-state index in [0.29, 0.717) is 0 Å². The van der Waals surface area contributed by atoms with Gasteiger partial charge >= 0.3 is 0 Å². The number of hydrogen-bond acceptors (Lipinski definition) is 4. The highest BCUT2D eigenvalue weighted by molar-refractivity contribution is 6.22. The van der Waals surface area contributed by atoms with Crippen LogP contribution >= 0.6 is 0 Å². The van der Waals surface area contributed by atoms with E-state index >= 15 is 0 Å². The Morgan fingerprint density at radius 1 is 0.475 bits per heavy atom. The molecule has 5 aromatic carbocycles. The minimum absolute atomic E-state index is 0.826. The molecule has 0 saturated heterocycles. The van der Waals surface area contributed by atoms with Crippen LogP contribution in [0.1, 0.15) is 0 Å². The fraction of sp³-hybridized carbons (Fsp3) is 0. The monoisotopic (exact) mass is 512 g/mol. The first-order chi connectivity index (χ1) is 19.8. The van der Waals surface area contributed by atoms with Gasteiger partial charge in [-0.25, -0.2) is 4.98 Å². The molecule has 0 amide bonds. The summed E-state index contributed by atoms with van der Waals surface area (Å²) in [6, 6.07) is 39.5. The van der Waals surface area contributed by atoms with Crippen LogP contribution in [0.25, 0.3) is 88.1 Å². The SMILES string of the molecule is c1cc(-c2ccc3ccc4cccnc4c3n2)cc(-c2c3oc4ccccc4c3cc3c2oc2ccccc23)c1. The van der Waals surface area contributed by atoms with Crippen molar-refractivity contribution in [2.45, 2.75) is 0 Å². The molecule has 0 aliphatic carbocycles. The molecule has 0 saturated carbocycles. The van der Waals surface area contributed by atoms with E-state index in [1.807, 2.05) is 36.5 Å². The number of hydrogen-bond donors (Lipinski definition) is 0. The molecule has 0 unspecified atom stereocenters. The number of aromatic nitrogens is 2. The Balaban J connectivity index is 1.33. The van der Waals surface area contributed by atoms with Crippen molar-refractivity contribution in [2.24, 2.45) is 0 Å². The average Bonchev–Trinajstić information content (AvgIpc) is 3.57. The lowest BCUT2D eigenvalue weighted by molar-refractivity contribution is 0.658. The zero-order valence-corrected chi connectivity index (χ0v) is 21.3. The molecule has 0 fully saturated rings. The summed E-state index contributed by atoms with van der Waals surface area (Å²) in [5.41, 5.74) is 9.07. The van der Waals surface area contributed by atoms with Crippen molar-refractivity contribution in [2.75, 3.05) is 0 Å². The van der Waals surface area contributed by atoms with Gasteiger partial charge < -0.3 is 8.83 Å². The summed E-state index contributed by atoms with van der Waals surface area (Å²) in [6.07, 6.45) is 1.82. The molecule has 4 heterocycles. The second kappa shape index (κ2) is 8.01. The zero-order valence-electron chi connectivity index (χ0n) is 21.3. The Bertz CT molecular complexity index is 2360.